The van der Waals surface area contributed by atoms with Gasteiger partial charge in [0, 0.05) is 0 Å². The molecule has 0 spiro atoms. The van der Waals surface area contributed by atoms with Crippen LogP contribution in [0, 0.1) is 0 Å². The summed E-state index contributed by atoms with van der Waals surface area (Å²) in [6, 6.07) is 0. The van der Waals surface area contributed by atoms with Crippen molar-refractivity contribution in [3.8, 4) is 0 Å². The molecule has 0 heterocycles. The third-order valence-electron chi connectivity index (χ3n) is 1.15. The molecule has 0 aliphatic heterocycles. The molecule has 0 aromatic heterocycles. The molecule has 0 nitrogen and oxygen atoms in total. The first-order chi connectivity index (χ1) is 2.39. The van der Waals surface area contributed by atoms with Gasteiger partial charge in [0.15, 0.2) is 0 Å². The van der Waals surface area contributed by atoms with Crippen molar-refractivity contribution in [3.63, 3.8) is 0 Å². The number of rotatable bonds is 0. The van der Waals surface area contributed by atoms with Crippen LogP contribution in [0.2, 0.25) is 4.78 Å². The Bertz CT molecular complexity index is 30.6. The Morgan fingerprint density at radius 2 is 1.80 bits per heavy atom. The maximum absolute atomic E-state index is 2.82. The second-order valence-electron chi connectivity index (χ2n) is 1.69. The fourth-order valence-electron chi connectivity index (χ4n) is 0.440. The SMILES string of the molecule is [Al+2][CH]1CCC1. The van der Waals surface area contributed by atoms with E-state index < -0.39 is 0 Å². The Labute approximate surface area is 41.0 Å². The molecule has 0 unspecified atom stereocenters. The van der Waals surface area contributed by atoms with Crippen LogP contribution in [0.15, 0.2) is 0 Å². The van der Waals surface area contributed by atoms with Gasteiger partial charge in [-0.05, 0) is 0 Å². The third-order valence-corrected chi connectivity index (χ3v) is 1.82. The first kappa shape index (κ1) is 3.71. The van der Waals surface area contributed by atoms with Gasteiger partial charge in [-0.2, -0.15) is 0 Å². The van der Waals surface area contributed by atoms with E-state index in [1.54, 1.807) is 0 Å². The predicted molar refractivity (Wildman–Crippen MR) is 23.4 cm³/mol. The monoisotopic (exact) mass is 82.0 g/mol. The van der Waals surface area contributed by atoms with E-state index in [-0.39, 0.29) is 0 Å². The molecule has 1 fully saturated rings. The van der Waals surface area contributed by atoms with Gasteiger partial charge in [0.05, 0.1) is 0 Å². The van der Waals surface area contributed by atoms with Crippen LogP contribution in [0.5, 0.6) is 0 Å². The Balaban J connectivity index is 2.08. The molecule has 0 amide bonds. The Morgan fingerprint density at radius 1 is 1.40 bits per heavy atom. The summed E-state index contributed by atoms with van der Waals surface area (Å²) in [6.45, 7) is 0. The van der Waals surface area contributed by atoms with Crippen LogP contribution in [-0.2, 0) is 0 Å². The molecule has 0 radical (unpaired) electrons. The Hall–Kier alpha value is 0.532. The Kier molecular flexibility index (Phi) is 0.984. The molecule has 0 aromatic rings. The van der Waals surface area contributed by atoms with Crippen molar-refractivity contribution in [3.05, 3.63) is 0 Å². The van der Waals surface area contributed by atoms with Gasteiger partial charge in [-0.25, -0.2) is 0 Å². The third kappa shape index (κ3) is 0.681. The molecule has 0 saturated heterocycles. The molecule has 1 heteroatoms. The van der Waals surface area contributed by atoms with Crippen LogP contribution in [0.4, 0.5) is 0 Å². The normalized spacial score (nSPS) is 26.0. The van der Waals surface area contributed by atoms with Crippen molar-refractivity contribution < 1.29 is 0 Å². The molecule has 1 rings (SSSR count). The molecule has 5 heavy (non-hydrogen) atoms. The van der Waals surface area contributed by atoms with E-state index in [4.69, 9.17) is 0 Å². The fraction of sp³-hybridized carbons (Fsp3) is 1.00. The van der Waals surface area contributed by atoms with Crippen molar-refractivity contribution in [2.75, 3.05) is 0 Å². The van der Waals surface area contributed by atoms with E-state index in [2.05, 4.69) is 16.3 Å². The van der Waals surface area contributed by atoms with Gasteiger partial charge >= 0.3 is 40.3 Å². The van der Waals surface area contributed by atoms with E-state index in [0.29, 0.717) is 0 Å². The van der Waals surface area contributed by atoms with E-state index in [1.807, 2.05) is 0 Å². The molecule has 1 aliphatic rings. The van der Waals surface area contributed by atoms with Crippen molar-refractivity contribution >= 4 is 16.3 Å². The molecule has 1 aliphatic carbocycles. The Morgan fingerprint density at radius 3 is 1.80 bits per heavy atom. The van der Waals surface area contributed by atoms with Gasteiger partial charge in [0.25, 0.3) is 0 Å². The predicted octanol–water partition coefficient (Wildman–Crippen LogP) is 1.13. The molecule has 24 valence electrons. The summed E-state index contributed by atoms with van der Waals surface area (Å²) in [5, 5.41) is 0. The molecule has 0 bridgehead atoms. The number of hydrogen-bond acceptors (Lipinski definition) is 0. The maximum atomic E-state index is 2.82. The average molecular weight is 82.1 g/mol. The van der Waals surface area contributed by atoms with Gasteiger partial charge in [-0.1, -0.05) is 0 Å². The van der Waals surface area contributed by atoms with Crippen LogP contribution in [-0.4, -0.2) is 16.3 Å². The summed E-state index contributed by atoms with van der Waals surface area (Å²) in [5.41, 5.74) is 0. The fourth-order valence-corrected chi connectivity index (χ4v) is 0.911. The average Bonchev–Trinajstić information content (AvgIpc) is 1.30. The van der Waals surface area contributed by atoms with Crippen molar-refractivity contribution in [1.29, 1.82) is 0 Å². The molecule has 1 saturated carbocycles. The summed E-state index contributed by atoms with van der Waals surface area (Å²) in [5.74, 6) is 0. The van der Waals surface area contributed by atoms with Crippen LogP contribution < -0.4 is 0 Å². The quantitative estimate of drug-likeness (QED) is 0.384. The summed E-state index contributed by atoms with van der Waals surface area (Å²) in [4.78, 5) is 0. The molecule has 0 atom stereocenters. The molecular formula is C4H7Al+2. The zero-order valence-electron chi connectivity index (χ0n) is 3.28. The van der Waals surface area contributed by atoms with Gasteiger partial charge in [-0.3, -0.25) is 0 Å². The van der Waals surface area contributed by atoms with Crippen molar-refractivity contribution in [2.24, 2.45) is 0 Å². The summed E-state index contributed by atoms with van der Waals surface area (Å²) in [7, 11) is 0. The van der Waals surface area contributed by atoms with Gasteiger partial charge in [0.2, 0.25) is 0 Å². The number of hydrogen-bond donors (Lipinski definition) is 0. The van der Waals surface area contributed by atoms with E-state index in [1.165, 1.54) is 19.3 Å². The zero-order chi connectivity index (χ0) is 3.70. The second-order valence-corrected chi connectivity index (χ2v) is 2.63. The minimum absolute atomic E-state index is 0.981. The zero-order valence-corrected chi connectivity index (χ0v) is 4.43. The topological polar surface area (TPSA) is 0 Å². The summed E-state index contributed by atoms with van der Waals surface area (Å²) < 4.78 is 0.981. The van der Waals surface area contributed by atoms with Crippen LogP contribution in [0.25, 0.3) is 0 Å². The van der Waals surface area contributed by atoms with Crippen LogP contribution in [0.1, 0.15) is 19.3 Å². The molecular weight excluding hydrogens is 75.0 g/mol. The molecule has 0 N–H and O–H groups in total. The van der Waals surface area contributed by atoms with Crippen molar-refractivity contribution in [1.82, 2.24) is 0 Å². The second kappa shape index (κ2) is 1.33. The van der Waals surface area contributed by atoms with E-state index in [9.17, 15) is 0 Å². The summed E-state index contributed by atoms with van der Waals surface area (Å²) in [6.07, 6.45) is 4.36. The minimum atomic E-state index is 0.981. The first-order valence-corrected chi connectivity index (χ1v) is 2.82. The van der Waals surface area contributed by atoms with Crippen molar-refractivity contribution in [2.45, 2.75) is 24.0 Å². The molecule has 0 aromatic carbocycles. The van der Waals surface area contributed by atoms with Crippen LogP contribution >= 0.6 is 0 Å². The van der Waals surface area contributed by atoms with Gasteiger partial charge in [-0.15, -0.1) is 0 Å². The summed E-state index contributed by atoms with van der Waals surface area (Å²) >= 11 is 2.82. The van der Waals surface area contributed by atoms with Crippen LogP contribution in [0.3, 0.4) is 0 Å². The first-order valence-electron chi connectivity index (χ1n) is 2.15. The van der Waals surface area contributed by atoms with Gasteiger partial charge in [0.1, 0.15) is 0 Å². The standard InChI is InChI=1S/C4H7.Al/c1-2-4-3-1;/h1H,2-4H2;/q;+2. The van der Waals surface area contributed by atoms with E-state index >= 15 is 0 Å². The van der Waals surface area contributed by atoms with Gasteiger partial charge < -0.3 is 0 Å². The van der Waals surface area contributed by atoms with E-state index in [0.717, 1.165) is 4.78 Å².